The van der Waals surface area contributed by atoms with Crippen LogP contribution in [0.1, 0.15) is 40.5 Å². The van der Waals surface area contributed by atoms with E-state index in [0.717, 1.165) is 0 Å². The highest BCUT2D eigenvalue weighted by Crippen LogP contribution is 2.30. The van der Waals surface area contributed by atoms with Crippen molar-refractivity contribution in [1.82, 2.24) is 9.80 Å². The Labute approximate surface area is 114 Å². The van der Waals surface area contributed by atoms with Gasteiger partial charge in [-0.15, -0.1) is 0 Å². The molecular formula is C13H24N2O4. The van der Waals surface area contributed by atoms with Gasteiger partial charge in [0, 0.05) is 13.1 Å². The Kier molecular flexibility index (Phi) is 4.45. The molecule has 0 spiro atoms. The van der Waals surface area contributed by atoms with Gasteiger partial charge >= 0.3 is 12.0 Å². The average Bonchev–Trinajstić information content (AvgIpc) is 2.67. The zero-order chi connectivity index (χ0) is 14.8. The third-order valence-electron chi connectivity index (χ3n) is 3.56. The van der Waals surface area contributed by atoms with Crippen molar-refractivity contribution in [1.29, 1.82) is 0 Å². The van der Waals surface area contributed by atoms with E-state index in [4.69, 9.17) is 0 Å². The Bertz CT molecular complexity index is 364. The van der Waals surface area contributed by atoms with Gasteiger partial charge in [-0.25, -0.2) is 9.59 Å². The first-order valence-corrected chi connectivity index (χ1v) is 6.64. The topological polar surface area (TPSA) is 81.1 Å². The number of hydrogen-bond acceptors (Lipinski definition) is 3. The van der Waals surface area contributed by atoms with Crippen molar-refractivity contribution in [2.75, 3.05) is 19.6 Å². The van der Waals surface area contributed by atoms with Crippen molar-refractivity contribution >= 4 is 12.0 Å². The van der Waals surface area contributed by atoms with Crippen LogP contribution in [0.3, 0.4) is 0 Å². The SMILES string of the molecule is CCN(CC(C)(C)O)C(=O)N1CCCC1(C)C(=O)O. The summed E-state index contributed by atoms with van der Waals surface area (Å²) in [4.78, 5) is 26.7. The van der Waals surface area contributed by atoms with Crippen molar-refractivity contribution in [3.63, 3.8) is 0 Å². The number of hydrogen-bond donors (Lipinski definition) is 2. The Balaban J connectivity index is 2.89. The molecule has 6 nitrogen and oxygen atoms in total. The van der Waals surface area contributed by atoms with Crippen molar-refractivity contribution in [2.45, 2.75) is 51.7 Å². The molecule has 0 saturated carbocycles. The van der Waals surface area contributed by atoms with E-state index in [-0.39, 0.29) is 12.6 Å². The van der Waals surface area contributed by atoms with Gasteiger partial charge in [0.2, 0.25) is 0 Å². The molecule has 2 N–H and O–H groups in total. The van der Waals surface area contributed by atoms with E-state index in [1.54, 1.807) is 20.8 Å². The Hall–Kier alpha value is -1.30. The lowest BCUT2D eigenvalue weighted by Gasteiger charge is -2.37. The second-order valence-corrected chi connectivity index (χ2v) is 5.94. The second kappa shape index (κ2) is 5.36. The third kappa shape index (κ3) is 3.37. The number of rotatable bonds is 4. The predicted octanol–water partition coefficient (Wildman–Crippen LogP) is 1.14. The lowest BCUT2D eigenvalue weighted by Crippen LogP contribution is -2.56. The van der Waals surface area contributed by atoms with Crippen LogP contribution in [0.25, 0.3) is 0 Å². The molecule has 1 atom stereocenters. The number of likely N-dealkylation sites (N-methyl/N-ethyl adjacent to an activating group) is 1. The molecule has 110 valence electrons. The molecule has 0 bridgehead atoms. The molecule has 1 fully saturated rings. The summed E-state index contributed by atoms with van der Waals surface area (Å²) in [5, 5.41) is 19.1. The van der Waals surface area contributed by atoms with Gasteiger partial charge in [0.05, 0.1) is 12.1 Å². The monoisotopic (exact) mass is 272 g/mol. The van der Waals surface area contributed by atoms with Crippen LogP contribution >= 0.6 is 0 Å². The van der Waals surface area contributed by atoms with E-state index >= 15 is 0 Å². The van der Waals surface area contributed by atoms with Gasteiger partial charge in [0.1, 0.15) is 5.54 Å². The van der Waals surface area contributed by atoms with E-state index in [0.29, 0.717) is 25.9 Å². The normalized spacial score (nSPS) is 23.5. The summed E-state index contributed by atoms with van der Waals surface area (Å²) >= 11 is 0. The van der Waals surface area contributed by atoms with Crippen LogP contribution in [0, 0.1) is 0 Å². The highest BCUT2D eigenvalue weighted by molar-refractivity contribution is 5.86. The summed E-state index contributed by atoms with van der Waals surface area (Å²) in [7, 11) is 0. The van der Waals surface area contributed by atoms with Crippen LogP contribution in [0.15, 0.2) is 0 Å². The van der Waals surface area contributed by atoms with Crippen molar-refractivity contribution in [3.8, 4) is 0 Å². The highest BCUT2D eigenvalue weighted by Gasteiger charge is 2.47. The van der Waals surface area contributed by atoms with Crippen LogP contribution < -0.4 is 0 Å². The molecule has 1 heterocycles. The zero-order valence-corrected chi connectivity index (χ0v) is 12.1. The van der Waals surface area contributed by atoms with Crippen LogP contribution in [0.2, 0.25) is 0 Å². The number of aliphatic hydroxyl groups is 1. The van der Waals surface area contributed by atoms with E-state index in [1.807, 2.05) is 6.92 Å². The largest absolute Gasteiger partial charge is 0.480 e. The first kappa shape index (κ1) is 15.8. The fourth-order valence-corrected chi connectivity index (χ4v) is 2.44. The molecule has 0 aromatic rings. The van der Waals surface area contributed by atoms with E-state index in [1.165, 1.54) is 9.80 Å². The Morgan fingerprint density at radius 1 is 1.42 bits per heavy atom. The van der Waals surface area contributed by atoms with Crippen molar-refractivity contribution in [2.24, 2.45) is 0 Å². The van der Waals surface area contributed by atoms with Gasteiger partial charge in [-0.2, -0.15) is 0 Å². The summed E-state index contributed by atoms with van der Waals surface area (Å²) in [6.07, 6.45) is 1.16. The maximum atomic E-state index is 12.5. The molecule has 0 radical (unpaired) electrons. The van der Waals surface area contributed by atoms with E-state index in [2.05, 4.69) is 0 Å². The Morgan fingerprint density at radius 3 is 2.42 bits per heavy atom. The van der Waals surface area contributed by atoms with Crippen LogP contribution in [-0.2, 0) is 4.79 Å². The lowest BCUT2D eigenvalue weighted by molar-refractivity contribution is -0.147. The summed E-state index contributed by atoms with van der Waals surface area (Å²) in [6.45, 7) is 7.73. The molecule has 1 saturated heterocycles. The smallest absolute Gasteiger partial charge is 0.329 e. The molecule has 0 aliphatic carbocycles. The van der Waals surface area contributed by atoms with Crippen LogP contribution in [0.5, 0.6) is 0 Å². The molecule has 6 heteroatoms. The number of likely N-dealkylation sites (tertiary alicyclic amines) is 1. The zero-order valence-electron chi connectivity index (χ0n) is 12.1. The fraction of sp³-hybridized carbons (Fsp3) is 0.846. The average molecular weight is 272 g/mol. The van der Waals surface area contributed by atoms with Gasteiger partial charge < -0.3 is 20.0 Å². The molecule has 2 amide bonds. The predicted molar refractivity (Wildman–Crippen MR) is 70.9 cm³/mol. The van der Waals surface area contributed by atoms with Gasteiger partial charge in [-0.3, -0.25) is 0 Å². The summed E-state index contributed by atoms with van der Waals surface area (Å²) in [5.74, 6) is -0.974. The molecule has 1 aliphatic heterocycles. The van der Waals surface area contributed by atoms with Gasteiger partial charge in [-0.05, 0) is 40.5 Å². The summed E-state index contributed by atoms with van der Waals surface area (Å²) in [5.41, 5.74) is -2.13. The minimum absolute atomic E-state index is 0.189. The van der Waals surface area contributed by atoms with Crippen molar-refractivity contribution in [3.05, 3.63) is 0 Å². The van der Waals surface area contributed by atoms with E-state index in [9.17, 15) is 19.8 Å². The molecule has 0 aromatic carbocycles. The first-order valence-electron chi connectivity index (χ1n) is 6.64. The number of carbonyl (C=O) groups is 2. The van der Waals surface area contributed by atoms with Crippen molar-refractivity contribution < 1.29 is 19.8 Å². The van der Waals surface area contributed by atoms with Gasteiger partial charge in [0.15, 0.2) is 0 Å². The lowest BCUT2D eigenvalue weighted by atomic mass is 9.99. The quantitative estimate of drug-likeness (QED) is 0.804. The minimum atomic E-state index is -1.13. The standard InChI is InChI=1S/C13H24N2O4/c1-5-14(9-12(2,3)19)11(18)15-8-6-7-13(15,4)10(16)17/h19H,5-9H2,1-4H3,(H,16,17). The van der Waals surface area contributed by atoms with E-state index < -0.39 is 17.1 Å². The molecular weight excluding hydrogens is 248 g/mol. The summed E-state index contributed by atoms with van der Waals surface area (Å²) in [6, 6.07) is -0.313. The number of amides is 2. The van der Waals surface area contributed by atoms with Gasteiger partial charge in [0.25, 0.3) is 0 Å². The maximum absolute atomic E-state index is 12.5. The molecule has 19 heavy (non-hydrogen) atoms. The number of aliphatic carboxylic acids is 1. The minimum Gasteiger partial charge on any atom is -0.480 e. The second-order valence-electron chi connectivity index (χ2n) is 5.94. The fourth-order valence-electron chi connectivity index (χ4n) is 2.44. The third-order valence-corrected chi connectivity index (χ3v) is 3.56. The number of nitrogens with zero attached hydrogens (tertiary/aromatic N) is 2. The molecule has 1 aliphatic rings. The molecule has 0 aromatic heterocycles. The van der Waals surface area contributed by atoms with Crippen LogP contribution in [0.4, 0.5) is 4.79 Å². The number of carbonyl (C=O) groups excluding carboxylic acids is 1. The summed E-state index contributed by atoms with van der Waals surface area (Å²) < 4.78 is 0. The maximum Gasteiger partial charge on any atom is 0.329 e. The first-order chi connectivity index (χ1) is 8.62. The van der Waals surface area contributed by atoms with Crippen LogP contribution in [-0.4, -0.2) is 62.8 Å². The number of urea groups is 1. The Morgan fingerprint density at radius 2 is 2.00 bits per heavy atom. The molecule has 1 rings (SSSR count). The number of carboxylic acids is 1. The van der Waals surface area contributed by atoms with Gasteiger partial charge in [-0.1, -0.05) is 0 Å². The number of carboxylic acid groups (broad SMARTS) is 1. The molecule has 1 unspecified atom stereocenters. The highest BCUT2D eigenvalue weighted by atomic mass is 16.4.